The molecule has 0 aliphatic carbocycles. The number of hydrogen-bond acceptors (Lipinski definition) is 5. The molecule has 2 aromatic carbocycles. The lowest BCUT2D eigenvalue weighted by molar-refractivity contribution is -0.113. The van der Waals surface area contributed by atoms with Crippen LogP contribution in [-0.2, 0) is 4.79 Å². The summed E-state index contributed by atoms with van der Waals surface area (Å²) >= 11 is 1.35. The Morgan fingerprint density at radius 3 is 2.46 bits per heavy atom. The maximum atomic E-state index is 12.3. The fourth-order valence-electron chi connectivity index (χ4n) is 2.80. The van der Waals surface area contributed by atoms with Gasteiger partial charge in [0, 0.05) is 5.56 Å². The van der Waals surface area contributed by atoms with E-state index in [1.54, 1.807) is 7.11 Å². The lowest BCUT2D eigenvalue weighted by Gasteiger charge is -2.11. The Kier molecular flexibility index (Phi) is 6.31. The molecule has 1 heterocycles. The first-order valence-corrected chi connectivity index (χ1v) is 9.93. The van der Waals surface area contributed by atoms with E-state index in [2.05, 4.69) is 47.6 Å². The van der Waals surface area contributed by atoms with Crippen LogP contribution in [0.25, 0.3) is 11.3 Å². The molecule has 28 heavy (non-hydrogen) atoms. The van der Waals surface area contributed by atoms with Gasteiger partial charge in [-0.05, 0) is 62.2 Å². The van der Waals surface area contributed by atoms with Crippen LogP contribution in [0.4, 0.5) is 5.69 Å². The number of nitrogens with one attached hydrogen (secondary N) is 1. The van der Waals surface area contributed by atoms with Crippen molar-refractivity contribution < 1.29 is 9.53 Å². The minimum absolute atomic E-state index is 0.116. The zero-order valence-corrected chi connectivity index (χ0v) is 17.3. The average molecular weight is 394 g/mol. The summed E-state index contributed by atoms with van der Waals surface area (Å²) in [5, 5.41) is 12.2. The van der Waals surface area contributed by atoms with Crippen LogP contribution in [0.2, 0.25) is 0 Å². The number of aryl methyl sites for hydroxylation is 3. The van der Waals surface area contributed by atoms with Crippen LogP contribution < -0.4 is 10.1 Å². The highest BCUT2D eigenvalue weighted by Crippen LogP contribution is 2.26. The summed E-state index contributed by atoms with van der Waals surface area (Å²) in [4.78, 5) is 12.3. The number of carbonyl (C=O) groups is 1. The Balaban J connectivity index is 1.63. The van der Waals surface area contributed by atoms with Crippen molar-refractivity contribution in [1.82, 2.24) is 10.2 Å². The van der Waals surface area contributed by atoms with E-state index < -0.39 is 0 Å². The van der Waals surface area contributed by atoms with Crippen LogP contribution in [0.15, 0.2) is 53.6 Å². The van der Waals surface area contributed by atoms with E-state index in [0.29, 0.717) is 16.5 Å². The molecule has 0 saturated heterocycles. The van der Waals surface area contributed by atoms with Crippen LogP contribution in [0.1, 0.15) is 16.7 Å². The van der Waals surface area contributed by atoms with Gasteiger partial charge in [0.05, 0.1) is 24.2 Å². The van der Waals surface area contributed by atoms with E-state index >= 15 is 0 Å². The number of carbonyl (C=O) groups excluding carboxylic acids is 1. The first-order valence-electron chi connectivity index (χ1n) is 8.95. The largest absolute Gasteiger partial charge is 0.495 e. The molecule has 0 radical (unpaired) electrons. The molecule has 1 aromatic heterocycles. The summed E-state index contributed by atoms with van der Waals surface area (Å²) in [5.74, 6) is 0.769. The van der Waals surface area contributed by atoms with Crippen LogP contribution in [-0.4, -0.2) is 29.0 Å². The Bertz CT molecular complexity index is 988. The van der Waals surface area contributed by atoms with Crippen molar-refractivity contribution in [2.75, 3.05) is 18.2 Å². The summed E-state index contributed by atoms with van der Waals surface area (Å²) in [5.41, 5.74) is 5.98. The molecule has 0 bridgehead atoms. The quantitative estimate of drug-likeness (QED) is 0.609. The van der Waals surface area contributed by atoms with Gasteiger partial charge in [-0.1, -0.05) is 35.5 Å². The molecular weight excluding hydrogens is 370 g/mol. The Labute approximate surface area is 169 Å². The third-order valence-electron chi connectivity index (χ3n) is 4.29. The smallest absolute Gasteiger partial charge is 0.234 e. The number of hydrogen-bond donors (Lipinski definition) is 1. The topological polar surface area (TPSA) is 64.1 Å². The summed E-state index contributed by atoms with van der Waals surface area (Å²) in [7, 11) is 1.59. The van der Waals surface area contributed by atoms with Gasteiger partial charge in [0.1, 0.15) is 10.8 Å². The number of aromatic nitrogens is 2. The molecule has 0 saturated carbocycles. The van der Waals surface area contributed by atoms with Crippen LogP contribution in [0.3, 0.4) is 0 Å². The van der Waals surface area contributed by atoms with E-state index in [0.717, 1.165) is 22.4 Å². The van der Waals surface area contributed by atoms with Gasteiger partial charge in [-0.3, -0.25) is 4.79 Å². The predicted molar refractivity (Wildman–Crippen MR) is 114 cm³/mol. The molecule has 1 N–H and O–H groups in total. The monoisotopic (exact) mass is 393 g/mol. The number of thioether (sulfide) groups is 1. The van der Waals surface area contributed by atoms with Gasteiger partial charge in [-0.15, -0.1) is 10.2 Å². The van der Waals surface area contributed by atoms with Gasteiger partial charge in [-0.2, -0.15) is 0 Å². The second-order valence-corrected chi connectivity index (χ2v) is 7.61. The average Bonchev–Trinajstić information content (AvgIpc) is 2.69. The van der Waals surface area contributed by atoms with Crippen molar-refractivity contribution in [3.05, 3.63) is 65.2 Å². The summed E-state index contributed by atoms with van der Waals surface area (Å²) in [6.45, 7) is 6.09. The van der Waals surface area contributed by atoms with Gasteiger partial charge >= 0.3 is 0 Å². The Hall–Kier alpha value is -2.86. The summed E-state index contributed by atoms with van der Waals surface area (Å²) < 4.78 is 5.29. The number of anilines is 1. The number of benzene rings is 2. The molecule has 3 aromatic rings. The molecule has 0 fully saturated rings. The minimum atomic E-state index is -0.116. The molecule has 0 unspecified atom stereocenters. The molecule has 144 valence electrons. The third-order valence-corrected chi connectivity index (χ3v) is 5.21. The SMILES string of the molecule is COc1ccc(C)cc1NC(=O)CSc1ccc(-c2cc(C)ccc2C)nn1. The molecule has 5 nitrogen and oxygen atoms in total. The molecule has 3 rings (SSSR count). The van der Waals surface area contributed by atoms with E-state index in [4.69, 9.17) is 4.74 Å². The van der Waals surface area contributed by atoms with Crippen LogP contribution in [0.5, 0.6) is 5.75 Å². The first kappa shape index (κ1) is 19.9. The van der Waals surface area contributed by atoms with Gasteiger partial charge in [0.2, 0.25) is 5.91 Å². The predicted octanol–water partition coefficient (Wildman–Crippen LogP) is 4.81. The second kappa shape index (κ2) is 8.89. The number of methoxy groups -OCH3 is 1. The number of nitrogens with zero attached hydrogens (tertiary/aromatic N) is 2. The molecular formula is C22H23N3O2S. The molecule has 0 atom stereocenters. The standard InChI is InChI=1S/C22H23N3O2S/c1-14-5-7-16(3)17(11-14)18-8-10-22(25-24-18)28-13-21(26)23-19-12-15(2)6-9-20(19)27-4/h5-12H,13H2,1-4H3,(H,23,26). The number of amides is 1. The third kappa shape index (κ3) is 4.89. The van der Waals surface area contributed by atoms with E-state index in [-0.39, 0.29) is 11.7 Å². The summed E-state index contributed by atoms with van der Waals surface area (Å²) in [6.07, 6.45) is 0. The maximum absolute atomic E-state index is 12.3. The van der Waals surface area contributed by atoms with E-state index in [1.165, 1.54) is 17.3 Å². The Morgan fingerprint density at radius 1 is 1.00 bits per heavy atom. The van der Waals surface area contributed by atoms with Crippen molar-refractivity contribution in [2.45, 2.75) is 25.8 Å². The molecule has 0 aliphatic rings. The minimum Gasteiger partial charge on any atom is -0.495 e. The van der Waals surface area contributed by atoms with E-state index in [1.807, 2.05) is 37.3 Å². The molecule has 6 heteroatoms. The Morgan fingerprint density at radius 2 is 1.75 bits per heavy atom. The molecule has 0 spiro atoms. The highest BCUT2D eigenvalue weighted by molar-refractivity contribution is 7.99. The van der Waals surface area contributed by atoms with Crippen molar-refractivity contribution in [2.24, 2.45) is 0 Å². The highest BCUT2D eigenvalue weighted by Gasteiger charge is 2.10. The van der Waals surface area contributed by atoms with Gasteiger partial charge < -0.3 is 10.1 Å². The van der Waals surface area contributed by atoms with Gasteiger partial charge in [0.15, 0.2) is 0 Å². The molecule has 0 aliphatic heterocycles. The van der Waals surface area contributed by atoms with Crippen LogP contribution in [0, 0.1) is 20.8 Å². The fourth-order valence-corrected chi connectivity index (χ4v) is 3.41. The van der Waals surface area contributed by atoms with Crippen molar-refractivity contribution >= 4 is 23.4 Å². The normalized spacial score (nSPS) is 10.6. The maximum Gasteiger partial charge on any atom is 0.234 e. The van der Waals surface area contributed by atoms with Crippen LogP contribution >= 0.6 is 11.8 Å². The van der Waals surface area contributed by atoms with E-state index in [9.17, 15) is 4.79 Å². The zero-order valence-electron chi connectivity index (χ0n) is 16.4. The lowest BCUT2D eigenvalue weighted by atomic mass is 10.0. The van der Waals surface area contributed by atoms with Crippen molar-refractivity contribution in [3.8, 4) is 17.0 Å². The zero-order chi connectivity index (χ0) is 20.1. The fraction of sp³-hybridized carbons (Fsp3) is 0.227. The van der Waals surface area contributed by atoms with Crippen molar-refractivity contribution in [3.63, 3.8) is 0 Å². The molecule has 1 amide bonds. The number of ether oxygens (including phenoxy) is 1. The first-order chi connectivity index (χ1) is 13.5. The van der Waals surface area contributed by atoms with Crippen molar-refractivity contribution in [1.29, 1.82) is 0 Å². The highest BCUT2D eigenvalue weighted by atomic mass is 32.2. The second-order valence-electron chi connectivity index (χ2n) is 6.62. The summed E-state index contributed by atoms with van der Waals surface area (Å²) in [6, 6.07) is 15.8. The lowest BCUT2D eigenvalue weighted by Crippen LogP contribution is -2.15. The number of rotatable bonds is 6. The van der Waals surface area contributed by atoms with Gasteiger partial charge in [0.25, 0.3) is 0 Å². The van der Waals surface area contributed by atoms with Gasteiger partial charge in [-0.25, -0.2) is 0 Å².